The van der Waals surface area contributed by atoms with Crippen molar-refractivity contribution in [2.75, 3.05) is 32.2 Å². The van der Waals surface area contributed by atoms with Crippen LogP contribution in [0, 0.1) is 0 Å². The van der Waals surface area contributed by atoms with Gasteiger partial charge in [0.1, 0.15) is 12.1 Å². The number of nitrogens with two attached hydrogens (primary N) is 1. The fraction of sp³-hybridized carbons (Fsp3) is 0.714. The monoisotopic (exact) mass is 264 g/mol. The predicted octanol–water partition coefficient (Wildman–Crippen LogP) is 1.16. The maximum absolute atomic E-state index is 6.02. The van der Waals surface area contributed by atoms with Gasteiger partial charge in [-0.2, -0.15) is 0 Å². The van der Waals surface area contributed by atoms with Crippen molar-refractivity contribution in [3.8, 4) is 0 Å². The number of likely N-dealkylation sites (N-methyl/N-ethyl adjacent to an activating group) is 1. The van der Waals surface area contributed by atoms with E-state index in [0.29, 0.717) is 6.61 Å². The van der Waals surface area contributed by atoms with Gasteiger partial charge in [0.25, 0.3) is 0 Å². The van der Waals surface area contributed by atoms with Gasteiger partial charge in [-0.1, -0.05) is 6.42 Å². The molecule has 0 bridgehead atoms. The number of hydrogen-bond donors (Lipinski definition) is 1. The van der Waals surface area contributed by atoms with Crippen LogP contribution in [0.2, 0.25) is 0 Å². The third kappa shape index (κ3) is 3.64. The Labute approximate surface area is 115 Å². The summed E-state index contributed by atoms with van der Waals surface area (Å²) in [5.74, 6) is 1.04. The molecule has 0 aromatic carbocycles. The minimum atomic E-state index is 0.00592. The fourth-order valence-corrected chi connectivity index (χ4v) is 2.71. The largest absolute Gasteiger partial charge is 0.383 e. The van der Waals surface area contributed by atoms with Gasteiger partial charge in [0.2, 0.25) is 0 Å². The standard InChI is InChI=1S/C14H24N4O/c1-18(8-11(15)9-19-2)14-12-6-4-3-5-7-13(12)16-10-17-14/h10-11H,3-9,15H2,1-2H3. The van der Waals surface area contributed by atoms with Crippen LogP contribution in [0.1, 0.15) is 30.5 Å². The SMILES string of the molecule is COCC(N)CN(C)c1ncnc2c1CCCCC2. The summed E-state index contributed by atoms with van der Waals surface area (Å²) >= 11 is 0. The lowest BCUT2D eigenvalue weighted by molar-refractivity contribution is 0.181. The molecule has 5 nitrogen and oxygen atoms in total. The van der Waals surface area contributed by atoms with Gasteiger partial charge >= 0.3 is 0 Å². The topological polar surface area (TPSA) is 64.3 Å². The van der Waals surface area contributed by atoms with Crippen LogP contribution in [0.25, 0.3) is 0 Å². The van der Waals surface area contributed by atoms with Gasteiger partial charge in [-0.3, -0.25) is 0 Å². The van der Waals surface area contributed by atoms with E-state index in [2.05, 4.69) is 14.9 Å². The van der Waals surface area contributed by atoms with Gasteiger partial charge in [0.15, 0.2) is 0 Å². The molecule has 1 aliphatic rings. The molecule has 1 atom stereocenters. The molecule has 5 heteroatoms. The van der Waals surface area contributed by atoms with Crippen molar-refractivity contribution in [2.24, 2.45) is 5.73 Å². The van der Waals surface area contributed by atoms with E-state index in [0.717, 1.165) is 25.2 Å². The Morgan fingerprint density at radius 2 is 2.11 bits per heavy atom. The molecule has 0 radical (unpaired) electrons. The smallest absolute Gasteiger partial charge is 0.135 e. The highest BCUT2D eigenvalue weighted by Gasteiger charge is 2.18. The maximum atomic E-state index is 6.02. The van der Waals surface area contributed by atoms with E-state index in [4.69, 9.17) is 10.5 Å². The number of aromatic nitrogens is 2. The van der Waals surface area contributed by atoms with E-state index in [1.165, 1.54) is 30.5 Å². The summed E-state index contributed by atoms with van der Waals surface area (Å²) in [6.45, 7) is 1.31. The summed E-state index contributed by atoms with van der Waals surface area (Å²) in [4.78, 5) is 11.0. The van der Waals surface area contributed by atoms with Crippen molar-refractivity contribution in [3.63, 3.8) is 0 Å². The minimum absolute atomic E-state index is 0.00592. The average Bonchev–Trinajstić information content (AvgIpc) is 2.63. The molecule has 0 amide bonds. The van der Waals surface area contributed by atoms with Crippen molar-refractivity contribution in [2.45, 2.75) is 38.1 Å². The third-order valence-corrected chi connectivity index (χ3v) is 3.60. The Morgan fingerprint density at radius 3 is 2.89 bits per heavy atom. The molecule has 1 unspecified atom stereocenters. The molecule has 1 heterocycles. The van der Waals surface area contributed by atoms with Gasteiger partial charge in [-0.05, 0) is 25.7 Å². The Balaban J connectivity index is 2.15. The average molecular weight is 264 g/mol. The molecule has 0 saturated carbocycles. The van der Waals surface area contributed by atoms with Crippen LogP contribution < -0.4 is 10.6 Å². The molecule has 0 spiro atoms. The molecule has 2 rings (SSSR count). The Bertz CT molecular complexity index is 410. The van der Waals surface area contributed by atoms with Gasteiger partial charge in [0.05, 0.1) is 6.61 Å². The normalized spacial score (nSPS) is 16.6. The molecular weight excluding hydrogens is 240 g/mol. The first-order chi connectivity index (χ1) is 9.22. The summed E-state index contributed by atoms with van der Waals surface area (Å²) in [5, 5.41) is 0. The van der Waals surface area contributed by atoms with Crippen molar-refractivity contribution in [1.29, 1.82) is 0 Å². The molecule has 2 N–H and O–H groups in total. The highest BCUT2D eigenvalue weighted by Crippen LogP contribution is 2.25. The molecule has 19 heavy (non-hydrogen) atoms. The highest BCUT2D eigenvalue weighted by molar-refractivity contribution is 5.48. The summed E-state index contributed by atoms with van der Waals surface area (Å²) in [7, 11) is 3.72. The number of anilines is 1. The van der Waals surface area contributed by atoms with Gasteiger partial charge in [-0.15, -0.1) is 0 Å². The van der Waals surface area contributed by atoms with Crippen molar-refractivity contribution >= 4 is 5.82 Å². The molecule has 106 valence electrons. The second-order valence-corrected chi connectivity index (χ2v) is 5.28. The van der Waals surface area contributed by atoms with Crippen LogP contribution in [0.3, 0.4) is 0 Å². The first-order valence-electron chi connectivity index (χ1n) is 7.00. The zero-order valence-electron chi connectivity index (χ0n) is 11.9. The summed E-state index contributed by atoms with van der Waals surface area (Å²) < 4.78 is 5.09. The van der Waals surface area contributed by atoms with Crippen LogP contribution >= 0.6 is 0 Å². The second kappa shape index (κ2) is 6.82. The van der Waals surface area contributed by atoms with Crippen LogP contribution in [0.15, 0.2) is 6.33 Å². The van der Waals surface area contributed by atoms with Crippen molar-refractivity contribution in [1.82, 2.24) is 9.97 Å². The van der Waals surface area contributed by atoms with E-state index in [-0.39, 0.29) is 6.04 Å². The Morgan fingerprint density at radius 1 is 1.32 bits per heavy atom. The number of aryl methyl sites for hydroxylation is 1. The van der Waals surface area contributed by atoms with E-state index in [1.807, 2.05) is 7.05 Å². The number of hydrogen-bond acceptors (Lipinski definition) is 5. The molecule has 1 aromatic rings. The van der Waals surface area contributed by atoms with Crippen LogP contribution in [-0.4, -0.2) is 43.3 Å². The summed E-state index contributed by atoms with van der Waals surface area (Å²) in [6, 6.07) is 0.00592. The maximum Gasteiger partial charge on any atom is 0.135 e. The molecule has 1 aliphatic carbocycles. The van der Waals surface area contributed by atoms with Crippen LogP contribution in [0.5, 0.6) is 0 Å². The lowest BCUT2D eigenvalue weighted by Gasteiger charge is -2.24. The van der Waals surface area contributed by atoms with Crippen molar-refractivity contribution < 1.29 is 4.74 Å². The summed E-state index contributed by atoms with van der Waals surface area (Å²) in [5.41, 5.74) is 8.55. The number of rotatable bonds is 5. The lowest BCUT2D eigenvalue weighted by atomic mass is 10.1. The number of fused-ring (bicyclic) bond motifs is 1. The fourth-order valence-electron chi connectivity index (χ4n) is 2.71. The van der Waals surface area contributed by atoms with Crippen LogP contribution in [0.4, 0.5) is 5.82 Å². The predicted molar refractivity (Wildman–Crippen MR) is 76.4 cm³/mol. The molecule has 1 aromatic heterocycles. The number of ether oxygens (including phenoxy) is 1. The Kier molecular flexibility index (Phi) is 5.10. The second-order valence-electron chi connectivity index (χ2n) is 5.28. The van der Waals surface area contributed by atoms with Gasteiger partial charge in [-0.25, -0.2) is 9.97 Å². The molecule has 0 saturated heterocycles. The Hall–Kier alpha value is -1.20. The minimum Gasteiger partial charge on any atom is -0.383 e. The quantitative estimate of drug-likeness (QED) is 0.808. The molecule has 0 fully saturated rings. The zero-order valence-corrected chi connectivity index (χ0v) is 11.9. The zero-order chi connectivity index (χ0) is 13.7. The summed E-state index contributed by atoms with van der Waals surface area (Å²) in [6.07, 6.45) is 7.57. The highest BCUT2D eigenvalue weighted by atomic mass is 16.5. The third-order valence-electron chi connectivity index (χ3n) is 3.60. The van der Waals surface area contributed by atoms with E-state index in [1.54, 1.807) is 13.4 Å². The number of methoxy groups -OCH3 is 1. The van der Waals surface area contributed by atoms with Gasteiger partial charge < -0.3 is 15.4 Å². The first kappa shape index (κ1) is 14.2. The first-order valence-corrected chi connectivity index (χ1v) is 7.00. The van der Waals surface area contributed by atoms with E-state index >= 15 is 0 Å². The lowest BCUT2D eigenvalue weighted by Crippen LogP contribution is -2.39. The van der Waals surface area contributed by atoms with Crippen LogP contribution in [-0.2, 0) is 17.6 Å². The van der Waals surface area contributed by atoms with E-state index < -0.39 is 0 Å². The number of nitrogens with zero attached hydrogens (tertiary/aromatic N) is 3. The van der Waals surface area contributed by atoms with Crippen molar-refractivity contribution in [3.05, 3.63) is 17.6 Å². The molecular formula is C14H24N4O. The molecule has 0 aliphatic heterocycles. The van der Waals surface area contributed by atoms with Gasteiger partial charge in [0, 0.05) is 38.0 Å². The van der Waals surface area contributed by atoms with E-state index in [9.17, 15) is 0 Å².